The quantitative estimate of drug-likeness (QED) is 0.708. The number of benzene rings is 1. The summed E-state index contributed by atoms with van der Waals surface area (Å²) < 4.78 is 32.1. The summed E-state index contributed by atoms with van der Waals surface area (Å²) in [6, 6.07) is 3.72. The fraction of sp³-hybridized carbons (Fsp3) is 0.333. The highest BCUT2D eigenvalue weighted by Crippen LogP contribution is 2.23. The van der Waals surface area contributed by atoms with Crippen LogP contribution >= 0.6 is 0 Å². The molecule has 0 saturated heterocycles. The molecule has 0 aliphatic rings. The summed E-state index contributed by atoms with van der Waals surface area (Å²) in [6.07, 6.45) is 1.30. The van der Waals surface area contributed by atoms with Crippen molar-refractivity contribution in [2.75, 3.05) is 7.11 Å². The number of aromatic amines is 1. The monoisotopic (exact) mass is 312 g/mol. The first kappa shape index (κ1) is 15.4. The van der Waals surface area contributed by atoms with Crippen LogP contribution in [-0.2, 0) is 16.6 Å². The van der Waals surface area contributed by atoms with Crippen molar-refractivity contribution in [3.8, 4) is 5.75 Å². The Bertz CT molecular complexity index is 700. The summed E-state index contributed by atoms with van der Waals surface area (Å²) >= 11 is 0. The number of aliphatic hydroxyl groups excluding tert-OH is 1. The minimum Gasteiger partial charge on any atom is -0.496 e. The Labute approximate surface area is 122 Å². The zero-order chi connectivity index (χ0) is 15.5. The molecule has 1 aromatic carbocycles. The molecule has 2 aromatic rings. The van der Waals surface area contributed by atoms with Crippen molar-refractivity contribution < 1.29 is 18.3 Å². The zero-order valence-electron chi connectivity index (χ0n) is 11.6. The maximum atomic E-state index is 12.3. The summed E-state index contributed by atoms with van der Waals surface area (Å²) in [4.78, 5) is 3.94. The minimum atomic E-state index is -3.75. The highest BCUT2D eigenvalue weighted by atomic mass is 32.2. The van der Waals surface area contributed by atoms with Gasteiger partial charge in [0.1, 0.15) is 17.9 Å². The van der Waals surface area contributed by atoms with Crippen molar-refractivity contribution in [2.45, 2.75) is 24.5 Å². The van der Waals surface area contributed by atoms with Gasteiger partial charge in [-0.1, -0.05) is 0 Å². The van der Waals surface area contributed by atoms with Gasteiger partial charge in [-0.2, -0.15) is 5.10 Å². The van der Waals surface area contributed by atoms with Gasteiger partial charge in [0.05, 0.1) is 24.7 Å². The maximum Gasteiger partial charge on any atom is 0.241 e. The molecule has 0 aliphatic carbocycles. The fourth-order valence-electron chi connectivity index (χ4n) is 1.83. The third-order valence-electron chi connectivity index (χ3n) is 2.91. The number of nitrogens with zero attached hydrogens (tertiary/aromatic N) is 2. The van der Waals surface area contributed by atoms with Gasteiger partial charge in [-0.25, -0.2) is 18.1 Å². The third-order valence-corrected chi connectivity index (χ3v) is 4.45. The molecule has 1 atom stereocenters. The van der Waals surface area contributed by atoms with E-state index in [9.17, 15) is 13.5 Å². The molecule has 1 heterocycles. The molecule has 0 fully saturated rings. The van der Waals surface area contributed by atoms with E-state index < -0.39 is 16.1 Å². The Balaban J connectivity index is 2.27. The summed E-state index contributed by atoms with van der Waals surface area (Å²) in [5.74, 6) is 0.842. The number of rotatable bonds is 6. The van der Waals surface area contributed by atoms with Crippen molar-refractivity contribution in [3.63, 3.8) is 0 Å². The number of aromatic nitrogens is 3. The van der Waals surface area contributed by atoms with Gasteiger partial charge >= 0.3 is 0 Å². The van der Waals surface area contributed by atoms with Gasteiger partial charge in [-0.15, -0.1) is 0 Å². The van der Waals surface area contributed by atoms with E-state index in [1.54, 1.807) is 6.92 Å². The van der Waals surface area contributed by atoms with Gasteiger partial charge < -0.3 is 9.84 Å². The van der Waals surface area contributed by atoms with Gasteiger partial charge in [0.15, 0.2) is 0 Å². The first-order valence-electron chi connectivity index (χ1n) is 6.13. The molecular weight excluding hydrogens is 296 g/mol. The standard InChI is InChI=1S/C12H16N4O4S/c1-8(12-13-7-14-15-12)16-21(18,19)10-3-4-11(20-2)9(5-10)6-17/h3-5,7-8,16-17H,6H2,1-2H3,(H,13,14,15). The van der Waals surface area contributed by atoms with Crippen molar-refractivity contribution in [3.05, 3.63) is 35.9 Å². The summed E-state index contributed by atoms with van der Waals surface area (Å²) in [6.45, 7) is 1.33. The lowest BCUT2D eigenvalue weighted by Crippen LogP contribution is -2.27. The molecule has 2 rings (SSSR count). The molecule has 3 N–H and O–H groups in total. The van der Waals surface area contributed by atoms with Gasteiger partial charge in [0.2, 0.25) is 10.0 Å². The van der Waals surface area contributed by atoms with Crippen molar-refractivity contribution in [1.29, 1.82) is 0 Å². The van der Waals surface area contributed by atoms with Crippen molar-refractivity contribution in [2.24, 2.45) is 0 Å². The number of methoxy groups -OCH3 is 1. The topological polar surface area (TPSA) is 117 Å². The van der Waals surface area contributed by atoms with Crippen LogP contribution in [0.25, 0.3) is 0 Å². The summed E-state index contributed by atoms with van der Waals surface area (Å²) in [5, 5.41) is 15.5. The average molecular weight is 312 g/mol. The van der Waals surface area contributed by atoms with E-state index in [0.29, 0.717) is 17.1 Å². The smallest absolute Gasteiger partial charge is 0.241 e. The predicted molar refractivity (Wildman–Crippen MR) is 74.0 cm³/mol. The zero-order valence-corrected chi connectivity index (χ0v) is 12.4. The van der Waals surface area contributed by atoms with Crippen LogP contribution in [0.1, 0.15) is 24.4 Å². The molecule has 9 heteroatoms. The third kappa shape index (κ3) is 3.38. The van der Waals surface area contributed by atoms with Crippen LogP contribution in [0, 0.1) is 0 Å². The van der Waals surface area contributed by atoms with Crippen LogP contribution < -0.4 is 9.46 Å². The summed E-state index contributed by atoms with van der Waals surface area (Å²) in [7, 11) is -2.30. The minimum absolute atomic E-state index is 0.0405. The van der Waals surface area contributed by atoms with E-state index in [1.165, 1.54) is 31.6 Å². The van der Waals surface area contributed by atoms with Crippen LogP contribution in [0.15, 0.2) is 29.4 Å². The van der Waals surface area contributed by atoms with Gasteiger partial charge in [-0.3, -0.25) is 5.10 Å². The molecule has 8 nitrogen and oxygen atoms in total. The molecular formula is C12H16N4O4S. The number of H-pyrrole nitrogens is 1. The van der Waals surface area contributed by atoms with Crippen molar-refractivity contribution in [1.82, 2.24) is 19.9 Å². The highest BCUT2D eigenvalue weighted by molar-refractivity contribution is 7.89. The van der Waals surface area contributed by atoms with Crippen LogP contribution in [0.2, 0.25) is 0 Å². The number of ether oxygens (including phenoxy) is 1. The molecule has 1 unspecified atom stereocenters. The van der Waals surface area contributed by atoms with Crippen LogP contribution in [0.4, 0.5) is 0 Å². The molecule has 0 saturated carbocycles. The number of hydrogen-bond acceptors (Lipinski definition) is 6. The predicted octanol–water partition coefficient (Wildman–Crippen LogP) is 0.345. The molecule has 114 valence electrons. The Kier molecular flexibility index (Phi) is 4.56. The normalized spacial score (nSPS) is 13.1. The lowest BCUT2D eigenvalue weighted by Gasteiger charge is -2.13. The molecule has 0 spiro atoms. The number of hydrogen-bond donors (Lipinski definition) is 3. The average Bonchev–Trinajstić information content (AvgIpc) is 3.00. The second-order valence-corrected chi connectivity index (χ2v) is 6.06. The molecule has 21 heavy (non-hydrogen) atoms. The second kappa shape index (κ2) is 6.20. The summed E-state index contributed by atoms with van der Waals surface area (Å²) in [5.41, 5.74) is 0.396. The number of aliphatic hydroxyl groups is 1. The van der Waals surface area contributed by atoms with Crippen LogP contribution in [0.5, 0.6) is 5.75 Å². The first-order valence-corrected chi connectivity index (χ1v) is 7.61. The lowest BCUT2D eigenvalue weighted by molar-refractivity contribution is 0.273. The van der Waals surface area contributed by atoms with E-state index in [-0.39, 0.29) is 11.5 Å². The van der Waals surface area contributed by atoms with Crippen LogP contribution in [-0.4, -0.2) is 35.8 Å². The highest BCUT2D eigenvalue weighted by Gasteiger charge is 2.21. The Morgan fingerprint density at radius 2 is 2.24 bits per heavy atom. The number of sulfonamides is 1. The van der Waals surface area contributed by atoms with Gasteiger partial charge in [0, 0.05) is 5.56 Å². The van der Waals surface area contributed by atoms with E-state index >= 15 is 0 Å². The van der Waals surface area contributed by atoms with E-state index in [2.05, 4.69) is 19.9 Å². The Hall–Kier alpha value is -1.97. The molecule has 0 radical (unpaired) electrons. The number of nitrogens with one attached hydrogen (secondary N) is 2. The molecule has 0 aliphatic heterocycles. The van der Waals surface area contributed by atoms with Crippen LogP contribution in [0.3, 0.4) is 0 Å². The first-order chi connectivity index (χ1) is 9.97. The van der Waals surface area contributed by atoms with E-state index in [1.807, 2.05) is 0 Å². The molecule has 1 aromatic heterocycles. The Morgan fingerprint density at radius 3 is 2.81 bits per heavy atom. The van der Waals surface area contributed by atoms with Gasteiger partial charge in [0.25, 0.3) is 0 Å². The largest absolute Gasteiger partial charge is 0.496 e. The van der Waals surface area contributed by atoms with E-state index in [4.69, 9.17) is 4.74 Å². The van der Waals surface area contributed by atoms with Crippen molar-refractivity contribution >= 4 is 10.0 Å². The molecule has 0 amide bonds. The lowest BCUT2D eigenvalue weighted by atomic mass is 10.2. The maximum absolute atomic E-state index is 12.3. The SMILES string of the molecule is COc1ccc(S(=O)(=O)NC(C)c2ncn[nH]2)cc1CO. The second-order valence-electron chi connectivity index (χ2n) is 4.35. The Morgan fingerprint density at radius 1 is 1.48 bits per heavy atom. The molecule has 0 bridgehead atoms. The fourth-order valence-corrected chi connectivity index (χ4v) is 3.08. The van der Waals surface area contributed by atoms with E-state index in [0.717, 1.165) is 0 Å². The van der Waals surface area contributed by atoms with Gasteiger partial charge in [-0.05, 0) is 25.1 Å².